The first kappa shape index (κ1) is 20.2. The van der Waals surface area contributed by atoms with Crippen LogP contribution in [0.2, 0.25) is 0 Å². The Morgan fingerprint density at radius 3 is 1.58 bits per heavy atom. The molecule has 2 aliphatic carbocycles. The van der Waals surface area contributed by atoms with Gasteiger partial charge in [0.05, 0.1) is 18.3 Å². The third-order valence-electron chi connectivity index (χ3n) is 6.78. The second-order valence-electron chi connectivity index (χ2n) is 10.8. The summed E-state index contributed by atoms with van der Waals surface area (Å²) in [5.74, 6) is 1.80. The molecule has 2 aliphatic rings. The summed E-state index contributed by atoms with van der Waals surface area (Å²) in [5, 5.41) is 30.8. The van der Waals surface area contributed by atoms with E-state index in [4.69, 9.17) is 0 Å². The van der Waals surface area contributed by atoms with Crippen LogP contribution >= 0.6 is 0 Å². The largest absolute Gasteiger partial charge is 0.393 e. The molecular formula is C21H40O3. The van der Waals surface area contributed by atoms with Crippen molar-refractivity contribution < 1.29 is 15.3 Å². The lowest BCUT2D eigenvalue weighted by Crippen LogP contribution is -2.48. The Kier molecular flexibility index (Phi) is 6.10. The van der Waals surface area contributed by atoms with E-state index in [-0.39, 0.29) is 16.9 Å². The first-order valence-electron chi connectivity index (χ1n) is 9.93. The Labute approximate surface area is 148 Å². The Morgan fingerprint density at radius 2 is 1.17 bits per heavy atom. The van der Waals surface area contributed by atoms with Crippen LogP contribution in [0.4, 0.5) is 0 Å². The van der Waals surface area contributed by atoms with Crippen LogP contribution in [0.3, 0.4) is 0 Å². The van der Waals surface area contributed by atoms with E-state index in [0.29, 0.717) is 23.7 Å². The zero-order valence-electron chi connectivity index (χ0n) is 16.6. The van der Waals surface area contributed by atoms with Gasteiger partial charge in [-0.15, -0.1) is 0 Å². The van der Waals surface area contributed by atoms with E-state index < -0.39 is 12.2 Å². The Balaban J connectivity index is 2.09. The normalized spacial score (nSPS) is 42.1. The quantitative estimate of drug-likeness (QED) is 0.712. The van der Waals surface area contributed by atoms with Gasteiger partial charge in [-0.2, -0.15) is 0 Å². The second-order valence-corrected chi connectivity index (χ2v) is 10.8. The molecule has 3 N–H and O–H groups in total. The third-order valence-corrected chi connectivity index (χ3v) is 6.78. The maximum absolute atomic E-state index is 11.0. The molecule has 0 spiro atoms. The fourth-order valence-corrected chi connectivity index (χ4v) is 5.20. The molecule has 142 valence electrons. The third kappa shape index (κ3) is 4.74. The average molecular weight is 341 g/mol. The molecule has 0 amide bonds. The predicted molar refractivity (Wildman–Crippen MR) is 98.6 cm³/mol. The van der Waals surface area contributed by atoms with Gasteiger partial charge in [-0.25, -0.2) is 0 Å². The van der Waals surface area contributed by atoms with E-state index in [1.54, 1.807) is 0 Å². The van der Waals surface area contributed by atoms with Crippen molar-refractivity contribution in [2.75, 3.05) is 0 Å². The van der Waals surface area contributed by atoms with Crippen molar-refractivity contribution in [1.82, 2.24) is 0 Å². The molecule has 2 rings (SSSR count). The summed E-state index contributed by atoms with van der Waals surface area (Å²) in [7, 11) is 0. The molecule has 0 aromatic rings. The van der Waals surface area contributed by atoms with Crippen LogP contribution in [0.5, 0.6) is 0 Å². The van der Waals surface area contributed by atoms with Crippen molar-refractivity contribution in [2.45, 2.75) is 98.4 Å². The highest BCUT2D eigenvalue weighted by Gasteiger charge is 2.46. The van der Waals surface area contributed by atoms with E-state index >= 15 is 0 Å². The molecular weight excluding hydrogens is 300 g/mol. The van der Waals surface area contributed by atoms with E-state index in [1.165, 1.54) is 0 Å². The smallest absolute Gasteiger partial charge is 0.0801 e. The summed E-state index contributed by atoms with van der Waals surface area (Å²) in [5.41, 5.74) is 0.230. The molecule has 24 heavy (non-hydrogen) atoms. The van der Waals surface area contributed by atoms with Gasteiger partial charge < -0.3 is 15.3 Å². The summed E-state index contributed by atoms with van der Waals surface area (Å²) < 4.78 is 0. The van der Waals surface area contributed by atoms with E-state index in [9.17, 15) is 15.3 Å². The summed E-state index contributed by atoms with van der Waals surface area (Å²) >= 11 is 0. The van der Waals surface area contributed by atoms with E-state index in [0.717, 1.165) is 38.5 Å². The molecule has 0 radical (unpaired) electrons. The molecule has 2 saturated carbocycles. The van der Waals surface area contributed by atoms with Gasteiger partial charge in [-0.3, -0.25) is 0 Å². The minimum Gasteiger partial charge on any atom is -0.393 e. The molecule has 0 aliphatic heterocycles. The lowest BCUT2D eigenvalue weighted by molar-refractivity contribution is -0.0899. The highest BCUT2D eigenvalue weighted by Crippen LogP contribution is 2.50. The molecule has 3 heteroatoms. The summed E-state index contributed by atoms with van der Waals surface area (Å²) in [4.78, 5) is 0. The summed E-state index contributed by atoms with van der Waals surface area (Å²) in [6.45, 7) is 13.5. The van der Waals surface area contributed by atoms with Gasteiger partial charge >= 0.3 is 0 Å². The van der Waals surface area contributed by atoms with Crippen molar-refractivity contribution in [1.29, 1.82) is 0 Å². The lowest BCUT2D eigenvalue weighted by Gasteiger charge is -2.50. The maximum Gasteiger partial charge on any atom is 0.0801 e. The van der Waals surface area contributed by atoms with Crippen molar-refractivity contribution in [3.05, 3.63) is 0 Å². The highest BCUT2D eigenvalue weighted by atomic mass is 16.3. The van der Waals surface area contributed by atoms with Crippen molar-refractivity contribution in [2.24, 2.45) is 34.5 Å². The van der Waals surface area contributed by atoms with Crippen molar-refractivity contribution >= 4 is 0 Å². The van der Waals surface area contributed by atoms with E-state index in [2.05, 4.69) is 41.5 Å². The maximum atomic E-state index is 11.0. The number of aliphatic hydroxyl groups is 3. The Hall–Kier alpha value is -0.120. The van der Waals surface area contributed by atoms with Gasteiger partial charge in [-0.1, -0.05) is 41.5 Å². The average Bonchev–Trinajstić information content (AvgIpc) is 2.42. The molecule has 0 aromatic carbocycles. The SMILES string of the molecule is CC(C)(C)C1CC(CC2CCC(O)C(O)C2)CC(C(C)(C)C)C1O. The molecule has 0 aromatic heterocycles. The number of hydrogen-bond donors (Lipinski definition) is 3. The summed E-state index contributed by atoms with van der Waals surface area (Å²) in [6.07, 6.45) is 4.51. The molecule has 0 saturated heterocycles. The van der Waals surface area contributed by atoms with Gasteiger partial charge in [0.1, 0.15) is 0 Å². The van der Waals surface area contributed by atoms with Crippen LogP contribution in [-0.2, 0) is 0 Å². The summed E-state index contributed by atoms with van der Waals surface area (Å²) in [6, 6.07) is 0. The first-order valence-corrected chi connectivity index (χ1v) is 9.93. The fourth-order valence-electron chi connectivity index (χ4n) is 5.20. The molecule has 0 heterocycles. The number of aliphatic hydroxyl groups excluding tert-OH is 3. The Bertz CT molecular complexity index is 382. The van der Waals surface area contributed by atoms with Crippen LogP contribution in [0.25, 0.3) is 0 Å². The first-order chi connectivity index (χ1) is 10.9. The topological polar surface area (TPSA) is 60.7 Å². The minimum atomic E-state index is -0.547. The zero-order valence-corrected chi connectivity index (χ0v) is 16.6. The second kappa shape index (κ2) is 7.25. The molecule has 3 nitrogen and oxygen atoms in total. The monoisotopic (exact) mass is 340 g/mol. The van der Waals surface area contributed by atoms with Crippen molar-refractivity contribution in [3.63, 3.8) is 0 Å². The van der Waals surface area contributed by atoms with Gasteiger partial charge in [-0.05, 0) is 73.0 Å². The minimum absolute atomic E-state index is 0.115. The molecule has 0 bridgehead atoms. The highest BCUT2D eigenvalue weighted by molar-refractivity contribution is 4.96. The predicted octanol–water partition coefficient (Wildman–Crippen LogP) is 3.99. The van der Waals surface area contributed by atoms with Crippen LogP contribution < -0.4 is 0 Å². The van der Waals surface area contributed by atoms with Crippen LogP contribution in [0.15, 0.2) is 0 Å². The van der Waals surface area contributed by atoms with Crippen molar-refractivity contribution in [3.8, 4) is 0 Å². The van der Waals surface area contributed by atoms with Gasteiger partial charge in [0.25, 0.3) is 0 Å². The fraction of sp³-hybridized carbons (Fsp3) is 1.00. The van der Waals surface area contributed by atoms with E-state index in [1.807, 2.05) is 0 Å². The number of hydrogen-bond acceptors (Lipinski definition) is 3. The zero-order chi connectivity index (χ0) is 18.3. The molecule has 2 fully saturated rings. The standard InChI is InChI=1S/C21H40O3/c1-20(2,3)15-10-14(11-16(19(15)24)21(4,5)6)9-13-7-8-17(22)18(23)12-13/h13-19,22-24H,7-12H2,1-6H3. The lowest BCUT2D eigenvalue weighted by atomic mass is 9.57. The number of rotatable bonds is 2. The molecule has 5 unspecified atom stereocenters. The van der Waals surface area contributed by atoms with Crippen LogP contribution in [0, 0.1) is 34.5 Å². The van der Waals surface area contributed by atoms with Crippen LogP contribution in [0.1, 0.15) is 80.1 Å². The Morgan fingerprint density at radius 1 is 0.667 bits per heavy atom. The van der Waals surface area contributed by atoms with Crippen LogP contribution in [-0.4, -0.2) is 33.6 Å². The van der Waals surface area contributed by atoms with Gasteiger partial charge in [0.15, 0.2) is 0 Å². The molecule has 5 atom stereocenters. The van der Waals surface area contributed by atoms with Gasteiger partial charge in [0.2, 0.25) is 0 Å². The van der Waals surface area contributed by atoms with Gasteiger partial charge in [0, 0.05) is 0 Å².